The molecule has 1 aromatic carbocycles. The Morgan fingerprint density at radius 1 is 1.26 bits per heavy atom. The molecule has 2 aliphatic heterocycles. The number of nitrogens with one attached hydrogen (secondary N) is 1. The number of nitriles is 1. The molecule has 1 N–H and O–H groups in total. The quantitative estimate of drug-likeness (QED) is 0.654. The van der Waals surface area contributed by atoms with E-state index in [0.29, 0.717) is 35.4 Å². The summed E-state index contributed by atoms with van der Waals surface area (Å²) in [6.45, 7) is 0.722. The van der Waals surface area contributed by atoms with Crippen LogP contribution in [0.25, 0.3) is 11.3 Å². The molecule has 0 unspecified atom stereocenters. The third-order valence-corrected chi connectivity index (χ3v) is 6.15. The van der Waals surface area contributed by atoms with Gasteiger partial charge in [0.15, 0.2) is 16.3 Å². The second-order valence-corrected chi connectivity index (χ2v) is 7.83. The minimum atomic E-state index is -0.678. The van der Waals surface area contributed by atoms with Gasteiger partial charge in [0.05, 0.1) is 49.6 Å². The summed E-state index contributed by atoms with van der Waals surface area (Å²) < 4.78 is 22.0. The van der Waals surface area contributed by atoms with Gasteiger partial charge in [0.1, 0.15) is 12.1 Å². The highest BCUT2D eigenvalue weighted by molar-refractivity contribution is 7.16. The summed E-state index contributed by atoms with van der Waals surface area (Å²) in [5.74, 6) is 0.234. The largest absolute Gasteiger partial charge is 0.480 e. The van der Waals surface area contributed by atoms with Gasteiger partial charge in [0.2, 0.25) is 11.8 Å². The predicted octanol–water partition coefficient (Wildman–Crippen LogP) is 2.36. The Balaban J connectivity index is 1.54. The minimum absolute atomic E-state index is 0.0673. The van der Waals surface area contributed by atoms with Crippen molar-refractivity contribution in [3.05, 3.63) is 40.5 Å². The van der Waals surface area contributed by atoms with Crippen molar-refractivity contribution in [1.29, 1.82) is 5.26 Å². The van der Waals surface area contributed by atoms with Crippen molar-refractivity contribution in [2.45, 2.75) is 5.60 Å². The lowest BCUT2D eigenvalue weighted by atomic mass is 9.92. The van der Waals surface area contributed by atoms with Crippen LogP contribution in [0.4, 0.5) is 5.13 Å². The SMILES string of the molecule is COc1ncnc(OC)c1C(=O)Nc1nc2c(s1)C1(COC1)Oc1cc(C#N)ccc1-2. The van der Waals surface area contributed by atoms with Gasteiger partial charge in [-0.25, -0.2) is 15.0 Å². The molecule has 2 aliphatic rings. The topological polar surface area (TPSA) is 128 Å². The molecular formula is C20H15N5O5S. The molecule has 0 bridgehead atoms. The number of hydrogen-bond donors (Lipinski definition) is 1. The van der Waals surface area contributed by atoms with Gasteiger partial charge >= 0.3 is 0 Å². The zero-order valence-electron chi connectivity index (χ0n) is 16.5. The first-order chi connectivity index (χ1) is 15.1. The zero-order valence-corrected chi connectivity index (χ0v) is 17.3. The van der Waals surface area contributed by atoms with E-state index in [1.54, 1.807) is 18.2 Å². The molecule has 0 atom stereocenters. The first kappa shape index (κ1) is 19.2. The predicted molar refractivity (Wildman–Crippen MR) is 108 cm³/mol. The fourth-order valence-corrected chi connectivity index (χ4v) is 4.56. The number of amides is 1. The number of thiazole rings is 1. The van der Waals surface area contributed by atoms with E-state index in [-0.39, 0.29) is 17.3 Å². The molecule has 2 aromatic heterocycles. The summed E-state index contributed by atoms with van der Waals surface area (Å²) in [5.41, 5.74) is 1.32. The molecule has 0 saturated carbocycles. The average Bonchev–Trinajstić information content (AvgIpc) is 3.20. The molecule has 10 nitrogen and oxygen atoms in total. The number of ether oxygens (including phenoxy) is 4. The first-order valence-corrected chi connectivity index (χ1v) is 9.97. The molecule has 11 heteroatoms. The lowest BCUT2D eigenvalue weighted by Gasteiger charge is -2.43. The summed E-state index contributed by atoms with van der Waals surface area (Å²) in [6, 6.07) is 7.30. The maximum Gasteiger partial charge on any atom is 0.268 e. The van der Waals surface area contributed by atoms with Gasteiger partial charge < -0.3 is 18.9 Å². The standard InChI is InChI=1S/C20H15N5O5S/c1-27-17-13(18(28-2)23-9-22-17)16(26)25-19-24-14-11-4-3-10(6-21)5-12(11)30-20(7-29-8-20)15(14)31-19/h3-5,9H,7-8H2,1-2H3,(H,24,25,26). The van der Waals surface area contributed by atoms with E-state index in [9.17, 15) is 10.1 Å². The van der Waals surface area contributed by atoms with Crippen LogP contribution >= 0.6 is 11.3 Å². The number of anilines is 1. The lowest BCUT2D eigenvalue weighted by molar-refractivity contribution is -0.167. The van der Waals surface area contributed by atoms with Gasteiger partial charge in [0.25, 0.3) is 5.91 Å². The van der Waals surface area contributed by atoms with Crippen molar-refractivity contribution in [3.8, 4) is 34.8 Å². The third kappa shape index (κ3) is 2.96. The highest BCUT2D eigenvalue weighted by Crippen LogP contribution is 2.51. The van der Waals surface area contributed by atoms with Crippen molar-refractivity contribution in [1.82, 2.24) is 15.0 Å². The van der Waals surface area contributed by atoms with E-state index in [0.717, 1.165) is 10.4 Å². The van der Waals surface area contributed by atoms with Crippen molar-refractivity contribution >= 4 is 22.4 Å². The van der Waals surface area contributed by atoms with Crippen molar-refractivity contribution in [2.75, 3.05) is 32.8 Å². The number of nitrogens with zero attached hydrogens (tertiary/aromatic N) is 4. The number of rotatable bonds is 4. The summed E-state index contributed by atoms with van der Waals surface area (Å²) in [6.07, 6.45) is 1.25. The molecule has 31 heavy (non-hydrogen) atoms. The van der Waals surface area contributed by atoms with Gasteiger partial charge in [0, 0.05) is 5.56 Å². The second-order valence-electron chi connectivity index (χ2n) is 6.83. The average molecular weight is 437 g/mol. The number of benzene rings is 1. The maximum absolute atomic E-state index is 13.0. The van der Waals surface area contributed by atoms with Crippen LogP contribution in [0.5, 0.6) is 17.5 Å². The van der Waals surface area contributed by atoms with Crippen LogP contribution < -0.4 is 19.5 Å². The van der Waals surface area contributed by atoms with Crippen molar-refractivity contribution in [2.24, 2.45) is 0 Å². The van der Waals surface area contributed by atoms with Crippen molar-refractivity contribution in [3.63, 3.8) is 0 Å². The first-order valence-electron chi connectivity index (χ1n) is 9.15. The Morgan fingerprint density at radius 3 is 2.61 bits per heavy atom. The van der Waals surface area contributed by atoms with Crippen LogP contribution in [0.1, 0.15) is 20.8 Å². The summed E-state index contributed by atoms with van der Waals surface area (Å²) in [4.78, 5) is 26.4. The Bertz CT molecular complexity index is 1220. The fourth-order valence-electron chi connectivity index (χ4n) is 3.49. The number of fused-ring (bicyclic) bond motifs is 4. The monoisotopic (exact) mass is 437 g/mol. The normalized spacial score (nSPS) is 15.0. The smallest absolute Gasteiger partial charge is 0.268 e. The van der Waals surface area contributed by atoms with Crippen LogP contribution in [-0.4, -0.2) is 48.3 Å². The Kier molecular flexibility index (Phi) is 4.46. The molecule has 1 saturated heterocycles. The number of hydrogen-bond acceptors (Lipinski definition) is 10. The van der Waals surface area contributed by atoms with E-state index in [1.165, 1.54) is 31.9 Å². The van der Waals surface area contributed by atoms with Crippen LogP contribution in [0, 0.1) is 11.3 Å². The van der Waals surface area contributed by atoms with Gasteiger partial charge in [-0.3, -0.25) is 10.1 Å². The molecule has 1 amide bonds. The second kappa shape index (κ2) is 7.19. The van der Waals surface area contributed by atoms with Crippen LogP contribution in [0.15, 0.2) is 24.5 Å². The third-order valence-electron chi connectivity index (χ3n) is 4.99. The van der Waals surface area contributed by atoms with Crippen LogP contribution in [0.2, 0.25) is 0 Å². The molecule has 1 spiro atoms. The van der Waals surface area contributed by atoms with Crippen LogP contribution in [0.3, 0.4) is 0 Å². The molecule has 0 aliphatic carbocycles. The lowest BCUT2D eigenvalue weighted by Crippen LogP contribution is -2.52. The number of methoxy groups -OCH3 is 2. The maximum atomic E-state index is 13.0. The molecule has 3 aromatic rings. The summed E-state index contributed by atoms with van der Waals surface area (Å²) in [5, 5.41) is 12.4. The van der Waals surface area contributed by atoms with Gasteiger partial charge in [-0.2, -0.15) is 5.26 Å². The Labute approximate surface area is 180 Å². The van der Waals surface area contributed by atoms with E-state index in [1.807, 2.05) is 0 Å². The molecule has 4 heterocycles. The van der Waals surface area contributed by atoms with Gasteiger partial charge in [-0.15, -0.1) is 0 Å². The summed E-state index contributed by atoms with van der Waals surface area (Å²) in [7, 11) is 2.82. The van der Waals surface area contributed by atoms with Gasteiger partial charge in [-0.05, 0) is 18.2 Å². The molecular weight excluding hydrogens is 422 g/mol. The van der Waals surface area contributed by atoms with Crippen LogP contribution in [-0.2, 0) is 10.3 Å². The number of aromatic nitrogens is 3. The van der Waals surface area contributed by atoms with Gasteiger partial charge in [-0.1, -0.05) is 11.3 Å². The van der Waals surface area contributed by atoms with E-state index in [4.69, 9.17) is 18.9 Å². The molecule has 5 rings (SSSR count). The zero-order chi connectivity index (χ0) is 21.6. The molecule has 0 radical (unpaired) electrons. The Morgan fingerprint density at radius 2 is 2.00 bits per heavy atom. The summed E-state index contributed by atoms with van der Waals surface area (Å²) >= 11 is 1.31. The minimum Gasteiger partial charge on any atom is -0.480 e. The molecule has 1 fully saturated rings. The number of carbonyl (C=O) groups excluding carboxylic acids is 1. The fraction of sp³-hybridized carbons (Fsp3) is 0.250. The van der Waals surface area contributed by atoms with E-state index < -0.39 is 11.5 Å². The van der Waals surface area contributed by atoms with E-state index in [2.05, 4.69) is 26.3 Å². The van der Waals surface area contributed by atoms with Crippen molar-refractivity contribution < 1.29 is 23.7 Å². The van der Waals surface area contributed by atoms with E-state index >= 15 is 0 Å². The Hall–Kier alpha value is -3.75. The molecule has 156 valence electrons. The highest BCUT2D eigenvalue weighted by atomic mass is 32.1. The number of carbonyl (C=O) groups is 1. The highest BCUT2D eigenvalue weighted by Gasteiger charge is 2.50.